The Hall–Kier alpha value is -1.68. The van der Waals surface area contributed by atoms with E-state index in [1.54, 1.807) is 12.1 Å². The second-order valence-electron chi connectivity index (χ2n) is 6.91. The number of nitrogens with zero attached hydrogens (tertiary/aromatic N) is 2. The van der Waals surface area contributed by atoms with E-state index in [1.807, 2.05) is 25.1 Å². The molecule has 0 unspecified atom stereocenters. The molecule has 0 aliphatic carbocycles. The van der Waals surface area contributed by atoms with Gasteiger partial charge < -0.3 is 19.7 Å². The highest BCUT2D eigenvalue weighted by Gasteiger charge is 2.26. The number of hydrogen-bond donors (Lipinski definition) is 1. The number of anilines is 2. The van der Waals surface area contributed by atoms with Crippen LogP contribution in [0.15, 0.2) is 18.2 Å². The number of amides is 1. The Balaban J connectivity index is 2.26. The number of rotatable bonds is 9. The predicted molar refractivity (Wildman–Crippen MR) is 106 cm³/mol. The third-order valence-corrected chi connectivity index (χ3v) is 5.58. The van der Waals surface area contributed by atoms with Crippen LogP contribution in [0.1, 0.15) is 18.4 Å². The smallest absolute Gasteiger partial charge is 0.250 e. The maximum Gasteiger partial charge on any atom is 0.250 e. The molecule has 9 heteroatoms. The molecule has 0 saturated carbocycles. The fraction of sp³-hybridized carbons (Fsp3) is 0.611. The lowest BCUT2D eigenvalue weighted by molar-refractivity contribution is -0.119. The van der Waals surface area contributed by atoms with Crippen molar-refractivity contribution < 1.29 is 22.7 Å². The maximum absolute atomic E-state index is 12.3. The van der Waals surface area contributed by atoms with Gasteiger partial charge in [0.15, 0.2) is 0 Å². The third-order valence-electron chi connectivity index (χ3n) is 4.37. The van der Waals surface area contributed by atoms with Crippen molar-refractivity contribution in [1.29, 1.82) is 0 Å². The fourth-order valence-electron chi connectivity index (χ4n) is 3.08. The van der Waals surface area contributed by atoms with Crippen molar-refractivity contribution in [2.24, 2.45) is 0 Å². The normalized spacial score (nSPS) is 17.3. The molecule has 1 aromatic rings. The van der Waals surface area contributed by atoms with Gasteiger partial charge in [0.1, 0.15) is 6.61 Å². The number of sulfonamides is 1. The van der Waals surface area contributed by atoms with Crippen LogP contribution in [0, 0.1) is 0 Å². The number of carbonyl (C=O) groups excluding carboxylic acids is 1. The van der Waals surface area contributed by atoms with Crippen LogP contribution >= 0.6 is 0 Å². The first-order valence-corrected chi connectivity index (χ1v) is 10.7. The summed E-state index contributed by atoms with van der Waals surface area (Å²) >= 11 is 0. The second kappa shape index (κ2) is 9.50. The summed E-state index contributed by atoms with van der Waals surface area (Å²) in [6, 6.07) is 5.46. The van der Waals surface area contributed by atoms with Gasteiger partial charge in [0.05, 0.1) is 12.4 Å². The Kier molecular flexibility index (Phi) is 7.60. The van der Waals surface area contributed by atoms with Crippen LogP contribution in [0.2, 0.25) is 0 Å². The number of benzene rings is 1. The molecule has 0 spiro atoms. The lowest BCUT2D eigenvalue weighted by Gasteiger charge is -2.26. The number of hydrogen-bond acceptors (Lipinski definition) is 6. The van der Waals surface area contributed by atoms with E-state index in [9.17, 15) is 13.2 Å². The van der Waals surface area contributed by atoms with E-state index in [4.69, 9.17) is 9.47 Å². The Labute approximate surface area is 161 Å². The number of ether oxygens (including phenoxy) is 2. The van der Waals surface area contributed by atoms with Crippen LogP contribution in [-0.4, -0.2) is 72.0 Å². The molecule has 0 radical (unpaired) electrons. The van der Waals surface area contributed by atoms with Crippen LogP contribution in [0.4, 0.5) is 11.4 Å². The van der Waals surface area contributed by atoms with Gasteiger partial charge in [0.2, 0.25) is 15.9 Å². The number of nitrogens with one attached hydrogen (secondary N) is 1. The molecule has 1 saturated heterocycles. The van der Waals surface area contributed by atoms with E-state index in [-0.39, 0.29) is 25.2 Å². The molecule has 2 rings (SSSR count). The molecule has 1 N–H and O–H groups in total. The van der Waals surface area contributed by atoms with Crippen molar-refractivity contribution >= 4 is 27.3 Å². The first-order chi connectivity index (χ1) is 12.7. The second-order valence-corrected chi connectivity index (χ2v) is 8.89. The van der Waals surface area contributed by atoms with Crippen molar-refractivity contribution in [2.75, 3.05) is 57.4 Å². The van der Waals surface area contributed by atoms with Gasteiger partial charge in [-0.2, -0.15) is 4.31 Å². The fourth-order valence-corrected chi connectivity index (χ4v) is 3.89. The van der Waals surface area contributed by atoms with Crippen LogP contribution in [0.5, 0.6) is 0 Å². The van der Waals surface area contributed by atoms with E-state index < -0.39 is 10.0 Å². The highest BCUT2D eigenvalue weighted by atomic mass is 32.2. The average molecular weight is 400 g/mol. The lowest BCUT2D eigenvalue weighted by Crippen LogP contribution is -2.36. The van der Waals surface area contributed by atoms with Crippen LogP contribution in [-0.2, 0) is 30.8 Å². The van der Waals surface area contributed by atoms with Crippen LogP contribution in [0.3, 0.4) is 0 Å². The minimum atomic E-state index is -3.41. The third kappa shape index (κ3) is 6.46. The summed E-state index contributed by atoms with van der Waals surface area (Å²) in [6.45, 7) is 1.16. The summed E-state index contributed by atoms with van der Waals surface area (Å²) in [5.74, 6) is -0.264. The Morgan fingerprint density at radius 2 is 2.11 bits per heavy atom. The molecular formula is C18H29N3O5S. The van der Waals surface area contributed by atoms with Gasteiger partial charge in [-0.05, 0) is 36.6 Å². The first kappa shape index (κ1) is 21.6. The minimum Gasteiger partial charge on any atom is -0.377 e. The van der Waals surface area contributed by atoms with Crippen molar-refractivity contribution in [2.45, 2.75) is 25.5 Å². The molecule has 0 aromatic heterocycles. The molecule has 1 aromatic carbocycles. The molecular weight excluding hydrogens is 370 g/mol. The van der Waals surface area contributed by atoms with Gasteiger partial charge in [0, 0.05) is 52.3 Å². The predicted octanol–water partition coefficient (Wildman–Crippen LogP) is 1.28. The Morgan fingerprint density at radius 1 is 1.37 bits per heavy atom. The van der Waals surface area contributed by atoms with Crippen molar-refractivity contribution in [1.82, 2.24) is 4.31 Å². The highest BCUT2D eigenvalue weighted by molar-refractivity contribution is 7.88. The number of methoxy groups -OCH3 is 1. The zero-order valence-corrected chi connectivity index (χ0v) is 17.2. The quantitative estimate of drug-likeness (QED) is 0.673. The molecule has 1 aliphatic rings. The van der Waals surface area contributed by atoms with E-state index in [0.29, 0.717) is 18.8 Å². The molecule has 1 heterocycles. The summed E-state index contributed by atoms with van der Waals surface area (Å²) < 4.78 is 36.5. The topological polar surface area (TPSA) is 88.2 Å². The van der Waals surface area contributed by atoms with Gasteiger partial charge in [-0.1, -0.05) is 0 Å². The van der Waals surface area contributed by atoms with Crippen molar-refractivity contribution in [3.63, 3.8) is 0 Å². The average Bonchev–Trinajstić information content (AvgIpc) is 3.06. The molecule has 1 aliphatic heterocycles. The van der Waals surface area contributed by atoms with E-state index >= 15 is 0 Å². The minimum absolute atomic E-state index is 0.0424. The standard InChI is InChI=1S/C18H29N3O5S/c1-20(2)17-8-7-15(19-18(22)13-25-3)10-14(17)11-21(27(4,23)24)12-16-6-5-9-26-16/h7-8,10,16H,5-6,9,11-13H2,1-4H3,(H,19,22)/t16-/m0/s1. The molecule has 8 nitrogen and oxygen atoms in total. The molecule has 152 valence electrons. The summed E-state index contributed by atoms with van der Waals surface area (Å²) in [5, 5.41) is 2.76. The monoisotopic (exact) mass is 399 g/mol. The summed E-state index contributed by atoms with van der Waals surface area (Å²) in [4.78, 5) is 13.7. The van der Waals surface area contributed by atoms with Crippen molar-refractivity contribution in [3.05, 3.63) is 23.8 Å². The number of carbonyl (C=O) groups is 1. The lowest BCUT2D eigenvalue weighted by atomic mass is 10.1. The SMILES string of the molecule is COCC(=O)Nc1ccc(N(C)C)c(CN(C[C@@H]2CCCO2)S(C)(=O)=O)c1. The van der Waals surface area contributed by atoms with Gasteiger partial charge >= 0.3 is 0 Å². The zero-order valence-electron chi connectivity index (χ0n) is 16.4. The molecule has 1 atom stereocenters. The highest BCUT2D eigenvalue weighted by Crippen LogP contribution is 2.26. The van der Waals surface area contributed by atoms with Gasteiger partial charge in [-0.3, -0.25) is 4.79 Å². The molecule has 1 fully saturated rings. The summed E-state index contributed by atoms with van der Waals surface area (Å²) in [7, 11) is 1.83. The van der Waals surface area contributed by atoms with Gasteiger partial charge in [-0.15, -0.1) is 0 Å². The molecule has 1 amide bonds. The van der Waals surface area contributed by atoms with E-state index in [1.165, 1.54) is 17.7 Å². The maximum atomic E-state index is 12.3. The Morgan fingerprint density at radius 3 is 2.67 bits per heavy atom. The van der Waals surface area contributed by atoms with Crippen LogP contribution in [0.25, 0.3) is 0 Å². The van der Waals surface area contributed by atoms with Crippen molar-refractivity contribution in [3.8, 4) is 0 Å². The largest absolute Gasteiger partial charge is 0.377 e. The van der Waals surface area contributed by atoms with E-state index in [0.717, 1.165) is 24.1 Å². The zero-order chi connectivity index (χ0) is 20.0. The summed E-state index contributed by atoms with van der Waals surface area (Å²) in [6.07, 6.45) is 2.94. The Bertz CT molecular complexity index is 745. The van der Waals surface area contributed by atoms with E-state index in [2.05, 4.69) is 5.32 Å². The first-order valence-electron chi connectivity index (χ1n) is 8.86. The molecule has 0 bridgehead atoms. The van der Waals surface area contributed by atoms with Gasteiger partial charge in [-0.25, -0.2) is 8.42 Å². The van der Waals surface area contributed by atoms with Crippen LogP contribution < -0.4 is 10.2 Å². The molecule has 27 heavy (non-hydrogen) atoms. The van der Waals surface area contributed by atoms with Gasteiger partial charge in [0.25, 0.3) is 0 Å². The summed E-state index contributed by atoms with van der Waals surface area (Å²) in [5.41, 5.74) is 2.29.